The van der Waals surface area contributed by atoms with E-state index < -0.39 is 6.04 Å². The first-order chi connectivity index (χ1) is 8.52. The number of imide groups is 1. The van der Waals surface area contributed by atoms with Gasteiger partial charge in [0, 0.05) is 0 Å². The Bertz CT molecular complexity index is 303. The second kappa shape index (κ2) is 8.83. The van der Waals surface area contributed by atoms with E-state index in [4.69, 9.17) is 10.5 Å². The van der Waals surface area contributed by atoms with Crippen LogP contribution < -0.4 is 5.73 Å². The molecular formula is C13H24N2O3. The summed E-state index contributed by atoms with van der Waals surface area (Å²) in [5.41, 5.74) is 6.52. The lowest BCUT2D eigenvalue weighted by molar-refractivity contribution is -0.139. The van der Waals surface area contributed by atoms with Crippen molar-refractivity contribution < 1.29 is 14.3 Å². The molecule has 0 aromatic heterocycles. The number of carbonyl (C=O) groups excluding carboxylic acids is 2. The summed E-state index contributed by atoms with van der Waals surface area (Å²) in [6, 6.07) is -0.664. The number of rotatable bonds is 6. The van der Waals surface area contributed by atoms with Gasteiger partial charge in [0.2, 0.25) is 11.8 Å². The normalized spacial score (nSPS) is 18.7. The van der Waals surface area contributed by atoms with Crippen LogP contribution in [-0.2, 0) is 14.3 Å². The Morgan fingerprint density at radius 3 is 2.50 bits per heavy atom. The Hall–Kier alpha value is -1.20. The largest absolute Gasteiger partial charge is 0.379 e. The summed E-state index contributed by atoms with van der Waals surface area (Å²) in [6.45, 7) is 10.9. The number of likely N-dealkylation sites (tertiary alicyclic amines) is 1. The molecule has 0 spiro atoms. The summed E-state index contributed by atoms with van der Waals surface area (Å²) in [4.78, 5) is 23.9. The molecular weight excluding hydrogens is 232 g/mol. The van der Waals surface area contributed by atoms with E-state index in [1.165, 1.54) is 4.90 Å². The van der Waals surface area contributed by atoms with Gasteiger partial charge in [-0.25, -0.2) is 0 Å². The highest BCUT2D eigenvalue weighted by atomic mass is 16.5. The fourth-order valence-corrected chi connectivity index (χ4v) is 1.45. The lowest BCUT2D eigenvalue weighted by atomic mass is 10.3. The zero-order chi connectivity index (χ0) is 14.1. The lowest BCUT2D eigenvalue weighted by Gasteiger charge is -2.14. The van der Waals surface area contributed by atoms with E-state index in [0.717, 1.165) is 12.0 Å². The van der Waals surface area contributed by atoms with Crippen LogP contribution in [0, 0.1) is 0 Å². The molecule has 1 atom stereocenters. The Morgan fingerprint density at radius 1 is 1.44 bits per heavy atom. The number of nitrogens with two attached hydrogens (primary N) is 1. The molecule has 0 aromatic rings. The highest BCUT2D eigenvalue weighted by Gasteiger charge is 2.35. The van der Waals surface area contributed by atoms with Gasteiger partial charge >= 0.3 is 0 Å². The quantitative estimate of drug-likeness (QED) is 0.438. The van der Waals surface area contributed by atoms with Crippen molar-refractivity contribution >= 4 is 11.8 Å². The Morgan fingerprint density at radius 2 is 2.06 bits per heavy atom. The van der Waals surface area contributed by atoms with E-state index in [9.17, 15) is 9.59 Å². The number of hydrogen-bond donors (Lipinski definition) is 1. The number of hydrogen-bond acceptors (Lipinski definition) is 4. The molecule has 1 rings (SSSR count). The van der Waals surface area contributed by atoms with Gasteiger partial charge in [0.1, 0.15) is 0 Å². The first-order valence-electron chi connectivity index (χ1n) is 6.34. The average molecular weight is 256 g/mol. The standard InChI is InChI=1S/C11H18N2O3.C2H6/c1-8(2)3-5-16-6-4-13-10(14)7-9(12)11(13)15;1-2/h9H,1,3-7,12H2,2H3;1-2H3. The van der Waals surface area contributed by atoms with E-state index in [-0.39, 0.29) is 18.2 Å². The molecule has 2 N–H and O–H groups in total. The second-order valence-electron chi connectivity index (χ2n) is 4.01. The van der Waals surface area contributed by atoms with Crippen LogP contribution in [0.3, 0.4) is 0 Å². The maximum atomic E-state index is 11.4. The molecule has 18 heavy (non-hydrogen) atoms. The fourth-order valence-electron chi connectivity index (χ4n) is 1.45. The molecule has 0 saturated carbocycles. The first-order valence-corrected chi connectivity index (χ1v) is 6.34. The summed E-state index contributed by atoms with van der Waals surface area (Å²) in [7, 11) is 0. The van der Waals surface area contributed by atoms with Gasteiger partial charge in [-0.15, -0.1) is 6.58 Å². The van der Waals surface area contributed by atoms with Gasteiger partial charge < -0.3 is 10.5 Å². The van der Waals surface area contributed by atoms with Crippen LogP contribution in [-0.4, -0.2) is 42.5 Å². The van der Waals surface area contributed by atoms with E-state index in [1.807, 2.05) is 20.8 Å². The van der Waals surface area contributed by atoms with Crippen molar-refractivity contribution in [1.82, 2.24) is 4.90 Å². The fraction of sp³-hybridized carbons (Fsp3) is 0.692. The summed E-state index contributed by atoms with van der Waals surface area (Å²) >= 11 is 0. The van der Waals surface area contributed by atoms with Crippen molar-refractivity contribution in [3.63, 3.8) is 0 Å². The molecule has 0 bridgehead atoms. The minimum atomic E-state index is -0.664. The van der Waals surface area contributed by atoms with Crippen molar-refractivity contribution in [2.75, 3.05) is 19.8 Å². The minimum absolute atomic E-state index is 0.116. The molecule has 0 radical (unpaired) electrons. The third kappa shape index (κ3) is 5.42. The highest BCUT2D eigenvalue weighted by molar-refractivity contribution is 6.05. The molecule has 1 fully saturated rings. The summed E-state index contributed by atoms with van der Waals surface area (Å²) in [5, 5.41) is 0. The second-order valence-corrected chi connectivity index (χ2v) is 4.01. The number of carbonyl (C=O) groups is 2. The van der Waals surface area contributed by atoms with Crippen LogP contribution >= 0.6 is 0 Å². The van der Waals surface area contributed by atoms with E-state index in [1.54, 1.807) is 0 Å². The van der Waals surface area contributed by atoms with Crippen LogP contribution in [0.15, 0.2) is 12.2 Å². The Labute approximate surface area is 109 Å². The molecule has 0 aromatic carbocycles. The van der Waals surface area contributed by atoms with Gasteiger partial charge in [-0.1, -0.05) is 19.4 Å². The molecule has 5 nitrogen and oxygen atoms in total. The van der Waals surface area contributed by atoms with Crippen LogP contribution in [0.4, 0.5) is 0 Å². The smallest absolute Gasteiger partial charge is 0.246 e. The summed E-state index contributed by atoms with van der Waals surface area (Å²) in [5.74, 6) is -0.505. The van der Waals surface area contributed by atoms with Gasteiger partial charge in [0.25, 0.3) is 0 Å². The summed E-state index contributed by atoms with van der Waals surface area (Å²) in [6.07, 6.45) is 0.909. The van der Waals surface area contributed by atoms with Crippen LogP contribution in [0.5, 0.6) is 0 Å². The van der Waals surface area contributed by atoms with E-state index >= 15 is 0 Å². The first kappa shape index (κ1) is 16.8. The monoisotopic (exact) mass is 256 g/mol. The maximum Gasteiger partial charge on any atom is 0.246 e. The Balaban J connectivity index is 0.00000137. The topological polar surface area (TPSA) is 72.6 Å². The molecule has 0 aliphatic carbocycles. The van der Waals surface area contributed by atoms with Gasteiger partial charge in [-0.05, 0) is 13.3 Å². The molecule has 5 heteroatoms. The molecule has 2 amide bonds. The van der Waals surface area contributed by atoms with Crippen LogP contribution in [0.2, 0.25) is 0 Å². The third-order valence-electron chi connectivity index (χ3n) is 2.41. The lowest BCUT2D eigenvalue weighted by Crippen LogP contribution is -2.37. The average Bonchev–Trinajstić information content (AvgIpc) is 2.57. The molecule has 1 saturated heterocycles. The van der Waals surface area contributed by atoms with Crippen LogP contribution in [0.25, 0.3) is 0 Å². The van der Waals surface area contributed by atoms with Crippen LogP contribution in [0.1, 0.15) is 33.6 Å². The SMILES string of the molecule is C=C(C)CCOCCN1C(=O)CC(N)C1=O.CC. The van der Waals surface area contributed by atoms with E-state index in [2.05, 4.69) is 6.58 Å². The van der Waals surface area contributed by atoms with Crippen molar-refractivity contribution in [3.05, 3.63) is 12.2 Å². The number of amides is 2. The molecule has 1 aliphatic heterocycles. The van der Waals surface area contributed by atoms with Crippen molar-refractivity contribution in [2.24, 2.45) is 5.73 Å². The van der Waals surface area contributed by atoms with Gasteiger partial charge in [0.15, 0.2) is 0 Å². The van der Waals surface area contributed by atoms with Crippen molar-refractivity contribution in [2.45, 2.75) is 39.7 Å². The Kier molecular flexibility index (Phi) is 8.24. The summed E-state index contributed by atoms with van der Waals surface area (Å²) < 4.78 is 5.29. The molecule has 1 aliphatic rings. The van der Waals surface area contributed by atoms with Crippen molar-refractivity contribution in [3.8, 4) is 0 Å². The van der Waals surface area contributed by atoms with Gasteiger partial charge in [0.05, 0.1) is 32.2 Å². The molecule has 1 heterocycles. The van der Waals surface area contributed by atoms with E-state index in [0.29, 0.717) is 19.8 Å². The third-order valence-corrected chi connectivity index (χ3v) is 2.41. The molecule has 1 unspecified atom stereocenters. The predicted molar refractivity (Wildman–Crippen MR) is 70.9 cm³/mol. The predicted octanol–water partition coefficient (Wildman–Crippen LogP) is 1.08. The van der Waals surface area contributed by atoms with Gasteiger partial charge in [-0.3, -0.25) is 14.5 Å². The van der Waals surface area contributed by atoms with Crippen molar-refractivity contribution in [1.29, 1.82) is 0 Å². The number of nitrogens with zero attached hydrogens (tertiary/aromatic N) is 1. The molecule has 104 valence electrons. The number of ether oxygens (including phenoxy) is 1. The van der Waals surface area contributed by atoms with Gasteiger partial charge in [-0.2, -0.15) is 0 Å². The zero-order valence-electron chi connectivity index (χ0n) is 11.6. The minimum Gasteiger partial charge on any atom is -0.379 e. The zero-order valence-corrected chi connectivity index (χ0v) is 11.6. The highest BCUT2D eigenvalue weighted by Crippen LogP contribution is 2.10. The maximum absolute atomic E-state index is 11.4.